The Bertz CT molecular complexity index is 160. The lowest BCUT2D eigenvalue weighted by atomic mass is 10.0. The zero-order chi connectivity index (χ0) is 13.1. The average molecular weight is 244 g/mol. The van der Waals surface area contributed by atoms with E-state index in [1.807, 2.05) is 0 Å². The Balaban J connectivity index is 4.31. The van der Waals surface area contributed by atoms with Crippen LogP contribution in [-0.2, 0) is 4.74 Å². The summed E-state index contributed by atoms with van der Waals surface area (Å²) >= 11 is 0. The van der Waals surface area contributed by atoms with Gasteiger partial charge in [-0.1, -0.05) is 40.5 Å². The zero-order valence-electron chi connectivity index (χ0n) is 12.5. The molecule has 0 saturated carbocycles. The summed E-state index contributed by atoms with van der Waals surface area (Å²) in [7, 11) is 1.80. The average Bonchev–Trinajstić information content (AvgIpc) is 2.36. The number of nitrogens with one attached hydrogen (secondary N) is 1. The predicted molar refractivity (Wildman–Crippen MR) is 75.5 cm³/mol. The minimum atomic E-state index is 0.505. The minimum Gasteiger partial charge on any atom is -0.383 e. The number of hydrogen-bond donors (Lipinski definition) is 1. The Morgan fingerprint density at radius 3 is 2.18 bits per heavy atom. The van der Waals surface area contributed by atoms with E-state index < -0.39 is 0 Å². The second kappa shape index (κ2) is 11.0. The van der Waals surface area contributed by atoms with Crippen LogP contribution in [0.4, 0.5) is 0 Å². The first-order valence-corrected chi connectivity index (χ1v) is 7.16. The van der Waals surface area contributed by atoms with Crippen LogP contribution >= 0.6 is 0 Å². The van der Waals surface area contributed by atoms with E-state index in [2.05, 4.69) is 37.9 Å². The summed E-state index contributed by atoms with van der Waals surface area (Å²) in [5, 5.41) is 3.44. The molecule has 3 heteroatoms. The summed E-state index contributed by atoms with van der Waals surface area (Å²) in [6.07, 6.45) is 2.54. The molecule has 0 aliphatic carbocycles. The van der Waals surface area contributed by atoms with Gasteiger partial charge in [-0.15, -0.1) is 0 Å². The second-order valence-electron chi connectivity index (χ2n) is 4.69. The number of nitrogens with zero attached hydrogens (tertiary/aromatic N) is 1. The van der Waals surface area contributed by atoms with Crippen LogP contribution in [0.3, 0.4) is 0 Å². The number of rotatable bonds is 11. The molecule has 1 unspecified atom stereocenters. The van der Waals surface area contributed by atoms with Crippen LogP contribution < -0.4 is 5.32 Å². The highest BCUT2D eigenvalue weighted by Crippen LogP contribution is 2.12. The largest absolute Gasteiger partial charge is 0.383 e. The molecule has 0 heterocycles. The summed E-state index contributed by atoms with van der Waals surface area (Å²) in [6, 6.07) is 0.505. The highest BCUT2D eigenvalue weighted by molar-refractivity contribution is 4.75. The molecule has 0 aromatic carbocycles. The fourth-order valence-electron chi connectivity index (χ4n) is 2.21. The zero-order valence-corrected chi connectivity index (χ0v) is 12.5. The van der Waals surface area contributed by atoms with E-state index in [0.717, 1.165) is 32.2 Å². The molecule has 0 aromatic heterocycles. The third-order valence-corrected chi connectivity index (χ3v) is 3.56. The maximum Gasteiger partial charge on any atom is 0.0630 e. The fraction of sp³-hybridized carbons (Fsp3) is 1.00. The smallest absolute Gasteiger partial charge is 0.0630 e. The molecule has 0 fully saturated rings. The summed E-state index contributed by atoms with van der Waals surface area (Å²) in [4.78, 5) is 2.56. The van der Waals surface area contributed by atoms with Gasteiger partial charge >= 0.3 is 0 Å². The van der Waals surface area contributed by atoms with Crippen LogP contribution in [0.25, 0.3) is 0 Å². The van der Waals surface area contributed by atoms with Gasteiger partial charge in [0.25, 0.3) is 0 Å². The normalized spacial score (nSPS) is 13.6. The van der Waals surface area contributed by atoms with Crippen LogP contribution in [0, 0.1) is 5.92 Å². The lowest BCUT2D eigenvalue weighted by Crippen LogP contribution is -2.47. The molecule has 17 heavy (non-hydrogen) atoms. The third kappa shape index (κ3) is 7.02. The fourth-order valence-corrected chi connectivity index (χ4v) is 2.21. The monoisotopic (exact) mass is 244 g/mol. The molecule has 0 rings (SSSR count). The molecule has 0 radical (unpaired) electrons. The molecule has 0 amide bonds. The molecule has 104 valence electrons. The van der Waals surface area contributed by atoms with Crippen LogP contribution in [0.2, 0.25) is 0 Å². The van der Waals surface area contributed by atoms with E-state index in [1.54, 1.807) is 7.11 Å². The van der Waals surface area contributed by atoms with Gasteiger partial charge in [0, 0.05) is 26.2 Å². The summed E-state index contributed by atoms with van der Waals surface area (Å²) in [5.74, 6) is 0.816. The maximum absolute atomic E-state index is 5.35. The van der Waals surface area contributed by atoms with Crippen LogP contribution in [0.1, 0.15) is 40.5 Å². The van der Waals surface area contributed by atoms with Gasteiger partial charge in [0.05, 0.1) is 6.61 Å². The van der Waals surface area contributed by atoms with Gasteiger partial charge in [0.1, 0.15) is 0 Å². The van der Waals surface area contributed by atoms with Gasteiger partial charge in [0.2, 0.25) is 0 Å². The van der Waals surface area contributed by atoms with E-state index in [4.69, 9.17) is 4.74 Å². The van der Waals surface area contributed by atoms with Gasteiger partial charge in [0.15, 0.2) is 0 Å². The Kier molecular flexibility index (Phi) is 10.9. The van der Waals surface area contributed by atoms with Gasteiger partial charge in [-0.3, -0.25) is 4.90 Å². The maximum atomic E-state index is 5.35. The molecule has 3 nitrogen and oxygen atoms in total. The van der Waals surface area contributed by atoms with Crippen molar-refractivity contribution in [2.24, 2.45) is 5.92 Å². The first kappa shape index (κ1) is 16.9. The van der Waals surface area contributed by atoms with Crippen molar-refractivity contribution in [1.82, 2.24) is 10.2 Å². The molecular formula is C14H32N2O. The number of hydrogen-bond acceptors (Lipinski definition) is 3. The Morgan fingerprint density at radius 1 is 1.12 bits per heavy atom. The molecule has 0 aromatic rings. The van der Waals surface area contributed by atoms with Gasteiger partial charge < -0.3 is 10.1 Å². The van der Waals surface area contributed by atoms with Crippen LogP contribution in [0.15, 0.2) is 0 Å². The van der Waals surface area contributed by atoms with Crippen molar-refractivity contribution in [2.75, 3.05) is 39.9 Å². The topological polar surface area (TPSA) is 24.5 Å². The van der Waals surface area contributed by atoms with E-state index in [-0.39, 0.29) is 0 Å². The van der Waals surface area contributed by atoms with Crippen LogP contribution in [-0.4, -0.2) is 50.8 Å². The minimum absolute atomic E-state index is 0.505. The van der Waals surface area contributed by atoms with E-state index in [1.165, 1.54) is 19.4 Å². The lowest BCUT2D eigenvalue weighted by molar-refractivity contribution is 0.0808. The van der Waals surface area contributed by atoms with Crippen molar-refractivity contribution in [2.45, 2.75) is 46.6 Å². The van der Waals surface area contributed by atoms with Gasteiger partial charge in [-0.05, 0) is 19.0 Å². The highest BCUT2D eigenvalue weighted by atomic mass is 16.5. The van der Waals surface area contributed by atoms with Crippen molar-refractivity contribution in [3.8, 4) is 0 Å². The van der Waals surface area contributed by atoms with Crippen molar-refractivity contribution in [1.29, 1.82) is 0 Å². The summed E-state index contributed by atoms with van der Waals surface area (Å²) in [5.41, 5.74) is 0. The van der Waals surface area contributed by atoms with E-state index in [0.29, 0.717) is 6.04 Å². The van der Waals surface area contributed by atoms with Crippen molar-refractivity contribution < 1.29 is 4.74 Å². The van der Waals surface area contributed by atoms with Gasteiger partial charge in [-0.25, -0.2) is 0 Å². The molecule has 0 saturated heterocycles. The molecule has 0 aliphatic heterocycles. The summed E-state index contributed by atoms with van der Waals surface area (Å²) < 4.78 is 5.35. The molecular weight excluding hydrogens is 212 g/mol. The number of likely N-dealkylation sites (N-methyl/N-ethyl adjacent to an activating group) is 2. The third-order valence-electron chi connectivity index (χ3n) is 3.56. The Labute approximate surface area is 108 Å². The Hall–Kier alpha value is -0.120. The van der Waals surface area contributed by atoms with Crippen LogP contribution in [0.5, 0.6) is 0 Å². The van der Waals surface area contributed by atoms with Crippen molar-refractivity contribution in [3.05, 3.63) is 0 Å². The Morgan fingerprint density at radius 2 is 1.76 bits per heavy atom. The standard InChI is InChI=1S/C14H32N2O/c1-6-13(7-2)11-16(9-4)14(12-17-5)10-15-8-3/h13-15H,6-12H2,1-5H3. The molecule has 0 aliphatic rings. The predicted octanol–water partition coefficient (Wildman–Crippen LogP) is 2.37. The summed E-state index contributed by atoms with van der Waals surface area (Å²) in [6.45, 7) is 14.2. The number of ether oxygens (including phenoxy) is 1. The highest BCUT2D eigenvalue weighted by Gasteiger charge is 2.19. The lowest BCUT2D eigenvalue weighted by Gasteiger charge is -2.33. The quantitative estimate of drug-likeness (QED) is 0.604. The molecule has 1 atom stereocenters. The second-order valence-corrected chi connectivity index (χ2v) is 4.69. The molecule has 0 bridgehead atoms. The number of methoxy groups -OCH3 is 1. The van der Waals surface area contributed by atoms with E-state index in [9.17, 15) is 0 Å². The van der Waals surface area contributed by atoms with Crippen molar-refractivity contribution in [3.63, 3.8) is 0 Å². The van der Waals surface area contributed by atoms with Crippen molar-refractivity contribution >= 4 is 0 Å². The van der Waals surface area contributed by atoms with Gasteiger partial charge in [-0.2, -0.15) is 0 Å². The first-order chi connectivity index (χ1) is 8.23. The van der Waals surface area contributed by atoms with E-state index >= 15 is 0 Å². The first-order valence-electron chi connectivity index (χ1n) is 7.16. The SMILES string of the molecule is CCNCC(COC)N(CC)CC(CC)CC. The molecule has 0 spiro atoms. The molecule has 1 N–H and O–H groups in total.